The lowest BCUT2D eigenvalue weighted by molar-refractivity contribution is -0.141. The first kappa shape index (κ1) is 32.5. The van der Waals surface area contributed by atoms with Gasteiger partial charge in [-0.1, -0.05) is 6.92 Å². The third-order valence-corrected chi connectivity index (χ3v) is 10.2. The summed E-state index contributed by atoms with van der Waals surface area (Å²) in [4.78, 5) is 30.5. The van der Waals surface area contributed by atoms with Gasteiger partial charge < -0.3 is 19.1 Å². The summed E-state index contributed by atoms with van der Waals surface area (Å²) in [6.07, 6.45) is 3.01. The third kappa shape index (κ3) is 5.81. The van der Waals surface area contributed by atoms with Crippen LogP contribution in [0.15, 0.2) is 55.2 Å². The number of benzene rings is 2. The number of piperazine rings is 1. The molecular formula is C37H39F3N8O2. The van der Waals surface area contributed by atoms with Crippen molar-refractivity contribution >= 4 is 28.2 Å². The van der Waals surface area contributed by atoms with Crippen LogP contribution in [0.3, 0.4) is 0 Å². The van der Waals surface area contributed by atoms with Gasteiger partial charge in [-0.2, -0.15) is 18.3 Å². The van der Waals surface area contributed by atoms with Crippen LogP contribution in [-0.2, 0) is 37.3 Å². The second-order valence-electron chi connectivity index (χ2n) is 13.5. The number of alkyl halides is 3. The number of hydrogen-bond acceptors (Lipinski definition) is 7. The number of halogens is 3. The number of hydrogen-bond donors (Lipinski definition) is 0. The summed E-state index contributed by atoms with van der Waals surface area (Å²) in [6, 6.07) is 10.4. The fourth-order valence-electron chi connectivity index (χ4n) is 7.61. The Morgan fingerprint density at radius 2 is 1.72 bits per heavy atom. The van der Waals surface area contributed by atoms with Crippen LogP contribution in [0, 0.1) is 6.92 Å². The Labute approximate surface area is 288 Å². The SMILES string of the molecule is CCc1cc(N2CCN(C3COC3)CC2)c2nc(C)cc(N3CCc4c(cc(Cn5ccnc5)cc4-c4cn(C)nc4C(F)(F)F)C3=O)c2c1. The Balaban J connectivity index is 1.22. The number of nitrogens with zero attached hydrogens (tertiary/aromatic N) is 8. The number of fused-ring (bicyclic) bond motifs is 2. The molecule has 3 aliphatic heterocycles. The lowest BCUT2D eigenvalue weighted by Gasteiger charge is -2.43. The molecule has 260 valence electrons. The normalized spacial score (nSPS) is 17.4. The van der Waals surface area contributed by atoms with Crippen LogP contribution in [-0.4, -0.2) is 87.1 Å². The second kappa shape index (κ2) is 12.5. The lowest BCUT2D eigenvalue weighted by atomic mass is 9.87. The Morgan fingerprint density at radius 1 is 0.940 bits per heavy atom. The van der Waals surface area contributed by atoms with Gasteiger partial charge >= 0.3 is 6.18 Å². The van der Waals surface area contributed by atoms with E-state index < -0.39 is 11.9 Å². The van der Waals surface area contributed by atoms with Crippen molar-refractivity contribution < 1.29 is 22.7 Å². The van der Waals surface area contributed by atoms with Crippen molar-refractivity contribution in [1.29, 1.82) is 0 Å². The molecule has 0 aliphatic carbocycles. The van der Waals surface area contributed by atoms with Crippen LogP contribution >= 0.6 is 0 Å². The molecule has 2 aromatic carbocycles. The van der Waals surface area contributed by atoms with Gasteiger partial charge in [-0.05, 0) is 72.4 Å². The minimum Gasteiger partial charge on any atom is -0.378 e. The van der Waals surface area contributed by atoms with E-state index in [0.717, 1.165) is 79.3 Å². The minimum absolute atomic E-state index is 0.0302. The highest BCUT2D eigenvalue weighted by molar-refractivity contribution is 6.14. The molecule has 3 aliphatic rings. The highest BCUT2D eigenvalue weighted by Crippen LogP contribution is 2.42. The first-order valence-electron chi connectivity index (χ1n) is 17.1. The maximum atomic E-state index is 14.7. The van der Waals surface area contributed by atoms with Gasteiger partial charge in [0.15, 0.2) is 5.69 Å². The summed E-state index contributed by atoms with van der Waals surface area (Å²) in [5.41, 5.74) is 5.71. The molecule has 10 nitrogen and oxygen atoms in total. The number of rotatable bonds is 7. The van der Waals surface area contributed by atoms with Crippen molar-refractivity contribution in [2.75, 3.05) is 55.7 Å². The Hall–Kier alpha value is -4.75. The van der Waals surface area contributed by atoms with Gasteiger partial charge in [0, 0.05) is 87.1 Å². The van der Waals surface area contributed by atoms with Gasteiger partial charge in [0.05, 0.1) is 42.5 Å². The molecule has 0 radical (unpaired) electrons. The molecule has 1 amide bonds. The van der Waals surface area contributed by atoms with Gasteiger partial charge in [-0.15, -0.1) is 0 Å². The van der Waals surface area contributed by atoms with Gasteiger partial charge in [-0.25, -0.2) is 4.98 Å². The largest absolute Gasteiger partial charge is 0.435 e. The zero-order chi connectivity index (χ0) is 34.7. The van der Waals surface area contributed by atoms with E-state index in [1.807, 2.05) is 23.6 Å². The van der Waals surface area contributed by atoms with Crippen molar-refractivity contribution in [2.45, 2.75) is 45.5 Å². The van der Waals surface area contributed by atoms with Crippen molar-refractivity contribution in [2.24, 2.45) is 7.05 Å². The fourth-order valence-corrected chi connectivity index (χ4v) is 7.61. The molecule has 0 unspecified atom stereocenters. The van der Waals surface area contributed by atoms with Crippen LogP contribution < -0.4 is 9.80 Å². The van der Waals surface area contributed by atoms with Crippen molar-refractivity contribution in [1.82, 2.24) is 29.2 Å². The molecule has 0 N–H and O–H groups in total. The minimum atomic E-state index is -4.66. The molecule has 5 aromatic rings. The van der Waals surface area contributed by atoms with Crippen molar-refractivity contribution in [3.8, 4) is 11.1 Å². The predicted octanol–water partition coefficient (Wildman–Crippen LogP) is 5.49. The summed E-state index contributed by atoms with van der Waals surface area (Å²) < 4.78 is 51.2. The number of carbonyl (C=O) groups is 1. The van der Waals surface area contributed by atoms with Gasteiger partial charge in [0.2, 0.25) is 0 Å². The van der Waals surface area contributed by atoms with E-state index in [0.29, 0.717) is 47.8 Å². The molecule has 50 heavy (non-hydrogen) atoms. The van der Waals surface area contributed by atoms with Crippen molar-refractivity contribution in [3.05, 3.63) is 88.9 Å². The maximum Gasteiger partial charge on any atom is 0.435 e. The number of imidazole rings is 1. The molecule has 0 saturated carbocycles. The summed E-state index contributed by atoms with van der Waals surface area (Å²) in [5.74, 6) is -0.246. The second-order valence-corrected chi connectivity index (χ2v) is 13.5. The highest BCUT2D eigenvalue weighted by atomic mass is 19.4. The number of ether oxygens (including phenoxy) is 1. The molecule has 13 heteroatoms. The van der Waals surface area contributed by atoms with E-state index in [4.69, 9.17) is 9.72 Å². The van der Waals surface area contributed by atoms with E-state index in [1.54, 1.807) is 29.7 Å². The third-order valence-electron chi connectivity index (χ3n) is 10.2. The first-order chi connectivity index (χ1) is 24.1. The Morgan fingerprint density at radius 3 is 2.40 bits per heavy atom. The number of anilines is 2. The zero-order valence-electron chi connectivity index (χ0n) is 28.4. The number of pyridine rings is 1. The molecule has 6 heterocycles. The summed E-state index contributed by atoms with van der Waals surface area (Å²) in [5, 5.41) is 4.68. The summed E-state index contributed by atoms with van der Waals surface area (Å²) >= 11 is 0. The molecule has 0 spiro atoms. The quantitative estimate of drug-likeness (QED) is 0.224. The van der Waals surface area contributed by atoms with Crippen molar-refractivity contribution in [3.63, 3.8) is 0 Å². The molecular weight excluding hydrogens is 645 g/mol. The fraction of sp³-hybridized carbons (Fsp3) is 0.405. The lowest BCUT2D eigenvalue weighted by Crippen LogP contribution is -2.56. The van der Waals surface area contributed by atoms with E-state index >= 15 is 0 Å². The van der Waals surface area contributed by atoms with E-state index in [1.165, 1.54) is 17.9 Å². The van der Waals surface area contributed by atoms with Crippen LogP contribution in [0.25, 0.3) is 22.0 Å². The number of aryl methyl sites for hydroxylation is 3. The van der Waals surface area contributed by atoms with E-state index in [-0.39, 0.29) is 11.5 Å². The number of aromatic nitrogens is 5. The molecule has 2 saturated heterocycles. The van der Waals surface area contributed by atoms with E-state index in [2.05, 4.69) is 38.9 Å². The highest BCUT2D eigenvalue weighted by Gasteiger charge is 2.39. The Kier molecular flexibility index (Phi) is 8.14. The smallest absolute Gasteiger partial charge is 0.378 e. The average molecular weight is 685 g/mol. The van der Waals surface area contributed by atoms with Crippen LogP contribution in [0.5, 0.6) is 0 Å². The molecule has 0 atom stereocenters. The van der Waals surface area contributed by atoms with Gasteiger partial charge in [0.25, 0.3) is 5.91 Å². The maximum absolute atomic E-state index is 14.7. The monoisotopic (exact) mass is 684 g/mol. The molecule has 0 bridgehead atoms. The zero-order valence-corrected chi connectivity index (χ0v) is 28.4. The van der Waals surface area contributed by atoms with Crippen LogP contribution in [0.2, 0.25) is 0 Å². The van der Waals surface area contributed by atoms with E-state index in [9.17, 15) is 18.0 Å². The average Bonchev–Trinajstić information content (AvgIpc) is 3.73. The topological polar surface area (TPSA) is 84.6 Å². The van der Waals surface area contributed by atoms with Gasteiger partial charge in [0.1, 0.15) is 0 Å². The summed E-state index contributed by atoms with van der Waals surface area (Å²) in [6.45, 7) is 9.95. The Bertz CT molecular complexity index is 2080. The predicted molar refractivity (Wildman–Crippen MR) is 185 cm³/mol. The van der Waals surface area contributed by atoms with Gasteiger partial charge in [-0.3, -0.25) is 19.4 Å². The number of carbonyl (C=O) groups excluding carboxylic acids is 1. The van der Waals surface area contributed by atoms with Crippen LogP contribution in [0.4, 0.5) is 24.5 Å². The van der Waals surface area contributed by atoms with Crippen LogP contribution in [0.1, 0.15) is 45.4 Å². The summed E-state index contributed by atoms with van der Waals surface area (Å²) in [7, 11) is 1.48. The molecule has 3 aromatic heterocycles. The molecule has 8 rings (SSSR count). The first-order valence-corrected chi connectivity index (χ1v) is 17.1. The standard InChI is InChI=1S/C37H39F3N8O2/c1-4-24-14-30-32(13-23(2)42-34(30)33(17-24)47-11-9-46(10-12-47)26-20-50-21-26)48-7-5-27-28(31-19-44(3)43-35(31)37(38,39)40)15-25(16-29(27)36(48)49)18-45-8-6-41-22-45/h6,8,13-17,19,22,26H,4-5,7,9-12,18,20-21H2,1-3H3. The number of amides is 1. The molecule has 2 fully saturated rings.